The third-order valence-corrected chi connectivity index (χ3v) is 8.36. The standard InChI is InChI=1S/C24H21NO6S2/c1-4-11-31-20-12-15(5-10-19(20)30-3)18-13-22(26)25-23-21(14-32-24(18)23)33(27,28)17-8-6-16(29-2)7-9-17/h1,5-10,12,14,18H,11,13H2,2-3H3,(H,25,26)/t18-/m1/s1. The molecule has 33 heavy (non-hydrogen) atoms. The fourth-order valence-corrected chi connectivity index (χ4v) is 6.60. The number of hydrogen-bond acceptors (Lipinski definition) is 7. The van der Waals surface area contributed by atoms with Crippen LogP contribution in [0.1, 0.15) is 22.8 Å². The molecule has 1 amide bonds. The van der Waals surface area contributed by atoms with Crippen molar-refractivity contribution in [2.75, 3.05) is 26.1 Å². The fourth-order valence-electron chi connectivity index (χ4n) is 3.70. The second kappa shape index (κ2) is 9.17. The summed E-state index contributed by atoms with van der Waals surface area (Å²) in [6.07, 6.45) is 5.48. The Morgan fingerprint density at radius 3 is 2.55 bits per heavy atom. The number of methoxy groups -OCH3 is 2. The van der Waals surface area contributed by atoms with Gasteiger partial charge in [-0.2, -0.15) is 0 Å². The van der Waals surface area contributed by atoms with Crippen LogP contribution in [0.15, 0.2) is 57.6 Å². The van der Waals surface area contributed by atoms with Crippen LogP contribution in [-0.4, -0.2) is 35.2 Å². The van der Waals surface area contributed by atoms with Crippen LogP contribution in [0.25, 0.3) is 0 Å². The largest absolute Gasteiger partial charge is 0.497 e. The van der Waals surface area contributed by atoms with E-state index < -0.39 is 9.84 Å². The molecule has 0 fully saturated rings. The monoisotopic (exact) mass is 483 g/mol. The summed E-state index contributed by atoms with van der Waals surface area (Å²) in [4.78, 5) is 13.5. The maximum absolute atomic E-state index is 13.3. The fraction of sp³-hybridized carbons (Fsp3) is 0.208. The molecule has 0 unspecified atom stereocenters. The highest BCUT2D eigenvalue weighted by Crippen LogP contribution is 2.47. The molecule has 2 heterocycles. The van der Waals surface area contributed by atoms with Crippen molar-refractivity contribution < 1.29 is 27.4 Å². The van der Waals surface area contributed by atoms with Gasteiger partial charge in [0.25, 0.3) is 0 Å². The maximum Gasteiger partial charge on any atom is 0.225 e. The van der Waals surface area contributed by atoms with Gasteiger partial charge in [0.15, 0.2) is 11.5 Å². The van der Waals surface area contributed by atoms with Crippen molar-refractivity contribution in [2.24, 2.45) is 0 Å². The van der Waals surface area contributed by atoms with Crippen molar-refractivity contribution in [3.05, 3.63) is 58.3 Å². The SMILES string of the molecule is C#CCOc1cc([C@H]2CC(=O)Nc3c(S(=O)(=O)c4ccc(OC)cc4)csc32)ccc1OC. The van der Waals surface area contributed by atoms with Crippen LogP contribution in [0.3, 0.4) is 0 Å². The molecule has 1 N–H and O–H groups in total. The molecule has 1 aromatic heterocycles. The predicted molar refractivity (Wildman–Crippen MR) is 125 cm³/mol. The van der Waals surface area contributed by atoms with Crippen LogP contribution in [0.4, 0.5) is 5.69 Å². The van der Waals surface area contributed by atoms with Crippen LogP contribution in [0.2, 0.25) is 0 Å². The first kappa shape index (κ1) is 22.7. The van der Waals surface area contributed by atoms with E-state index in [0.717, 1.165) is 10.4 Å². The van der Waals surface area contributed by atoms with Gasteiger partial charge < -0.3 is 19.5 Å². The zero-order chi connectivity index (χ0) is 23.6. The Bertz CT molecular complexity index is 1340. The summed E-state index contributed by atoms with van der Waals surface area (Å²) >= 11 is 1.30. The van der Waals surface area contributed by atoms with Gasteiger partial charge in [-0.1, -0.05) is 12.0 Å². The average molecular weight is 484 g/mol. The highest BCUT2D eigenvalue weighted by atomic mass is 32.2. The number of nitrogens with one attached hydrogen (secondary N) is 1. The van der Waals surface area contributed by atoms with Crippen LogP contribution in [0, 0.1) is 12.3 Å². The normalized spacial score (nSPS) is 15.2. The number of carbonyl (C=O) groups is 1. The lowest BCUT2D eigenvalue weighted by atomic mass is 9.90. The molecular formula is C24H21NO6S2. The van der Waals surface area contributed by atoms with Gasteiger partial charge in [0.05, 0.1) is 24.8 Å². The van der Waals surface area contributed by atoms with Gasteiger partial charge in [-0.05, 0) is 42.0 Å². The molecule has 1 atom stereocenters. The lowest BCUT2D eigenvalue weighted by Gasteiger charge is -2.24. The summed E-state index contributed by atoms with van der Waals surface area (Å²) in [5.74, 6) is 3.35. The summed E-state index contributed by atoms with van der Waals surface area (Å²) in [5.41, 5.74) is 1.12. The van der Waals surface area contributed by atoms with E-state index in [1.807, 2.05) is 6.07 Å². The van der Waals surface area contributed by atoms with Crippen LogP contribution >= 0.6 is 11.3 Å². The van der Waals surface area contributed by atoms with Crippen molar-refractivity contribution in [3.63, 3.8) is 0 Å². The third kappa shape index (κ3) is 4.27. The van der Waals surface area contributed by atoms with Crippen molar-refractivity contribution in [2.45, 2.75) is 22.1 Å². The number of amides is 1. The Morgan fingerprint density at radius 1 is 1.12 bits per heavy atom. The third-order valence-electron chi connectivity index (χ3n) is 5.32. The van der Waals surface area contributed by atoms with E-state index in [2.05, 4.69) is 11.2 Å². The van der Waals surface area contributed by atoms with E-state index in [1.165, 1.54) is 37.7 Å². The summed E-state index contributed by atoms with van der Waals surface area (Å²) < 4.78 is 42.7. The van der Waals surface area contributed by atoms with Gasteiger partial charge >= 0.3 is 0 Å². The second-order valence-electron chi connectivity index (χ2n) is 7.23. The molecule has 0 saturated carbocycles. The van der Waals surface area contributed by atoms with E-state index in [1.54, 1.807) is 29.6 Å². The summed E-state index contributed by atoms with van der Waals surface area (Å²) in [5, 5.41) is 4.33. The topological polar surface area (TPSA) is 90.9 Å². The number of sulfone groups is 1. The highest BCUT2D eigenvalue weighted by molar-refractivity contribution is 7.91. The number of terminal acetylenes is 1. The average Bonchev–Trinajstić information content (AvgIpc) is 3.26. The minimum Gasteiger partial charge on any atom is -0.497 e. The number of hydrogen-bond donors (Lipinski definition) is 1. The van der Waals surface area contributed by atoms with Crippen LogP contribution in [0.5, 0.6) is 17.2 Å². The van der Waals surface area contributed by atoms with Gasteiger partial charge in [0.2, 0.25) is 15.7 Å². The Balaban J connectivity index is 1.76. The van der Waals surface area contributed by atoms with Crippen molar-refractivity contribution in [3.8, 4) is 29.6 Å². The molecule has 1 aliphatic rings. The van der Waals surface area contributed by atoms with Crippen LogP contribution < -0.4 is 19.5 Å². The molecule has 0 saturated heterocycles. The van der Waals surface area contributed by atoms with Gasteiger partial charge in [0, 0.05) is 22.6 Å². The number of thiophene rings is 1. The first-order valence-electron chi connectivity index (χ1n) is 9.93. The molecule has 9 heteroatoms. The van der Waals surface area contributed by atoms with Gasteiger partial charge in [-0.3, -0.25) is 4.79 Å². The maximum atomic E-state index is 13.3. The van der Waals surface area contributed by atoms with E-state index in [9.17, 15) is 13.2 Å². The zero-order valence-corrected chi connectivity index (χ0v) is 19.6. The Morgan fingerprint density at radius 2 is 1.88 bits per heavy atom. The highest BCUT2D eigenvalue weighted by Gasteiger charge is 2.34. The first-order chi connectivity index (χ1) is 15.9. The lowest BCUT2D eigenvalue weighted by Crippen LogP contribution is -2.23. The molecule has 0 aliphatic carbocycles. The summed E-state index contributed by atoms with van der Waals surface area (Å²) in [7, 11) is -0.811. The molecule has 0 spiro atoms. The van der Waals surface area contributed by atoms with Crippen molar-refractivity contribution in [1.82, 2.24) is 0 Å². The van der Waals surface area contributed by atoms with E-state index in [-0.39, 0.29) is 34.6 Å². The summed E-state index contributed by atoms with van der Waals surface area (Å²) in [6.45, 7) is 0.0689. The molecule has 0 radical (unpaired) electrons. The zero-order valence-electron chi connectivity index (χ0n) is 18.0. The number of ether oxygens (including phenoxy) is 3. The second-order valence-corrected chi connectivity index (χ2v) is 10.1. The molecule has 7 nitrogen and oxygen atoms in total. The minimum absolute atomic E-state index is 0.0689. The molecular weight excluding hydrogens is 462 g/mol. The van der Waals surface area contributed by atoms with E-state index in [4.69, 9.17) is 20.6 Å². The Labute approximate surface area is 196 Å². The van der Waals surface area contributed by atoms with Crippen molar-refractivity contribution >= 4 is 32.8 Å². The summed E-state index contributed by atoms with van der Waals surface area (Å²) in [6, 6.07) is 11.5. The van der Waals surface area contributed by atoms with Gasteiger partial charge in [-0.15, -0.1) is 17.8 Å². The smallest absolute Gasteiger partial charge is 0.225 e. The van der Waals surface area contributed by atoms with Gasteiger partial charge in [-0.25, -0.2) is 8.42 Å². The molecule has 170 valence electrons. The number of fused-ring (bicyclic) bond motifs is 1. The molecule has 3 aromatic rings. The lowest BCUT2D eigenvalue weighted by molar-refractivity contribution is -0.116. The Hall–Kier alpha value is -3.48. The first-order valence-corrected chi connectivity index (χ1v) is 12.3. The molecule has 4 rings (SSSR count). The minimum atomic E-state index is -3.85. The number of benzene rings is 2. The number of anilines is 1. The predicted octanol–water partition coefficient (Wildman–Crippen LogP) is 4.08. The van der Waals surface area contributed by atoms with Crippen LogP contribution in [-0.2, 0) is 14.6 Å². The molecule has 0 bridgehead atoms. The van der Waals surface area contributed by atoms with E-state index >= 15 is 0 Å². The molecule has 1 aliphatic heterocycles. The van der Waals surface area contributed by atoms with E-state index in [0.29, 0.717) is 22.9 Å². The number of rotatable bonds is 7. The number of carbonyl (C=O) groups excluding carboxylic acids is 1. The van der Waals surface area contributed by atoms with Gasteiger partial charge in [0.1, 0.15) is 17.3 Å². The van der Waals surface area contributed by atoms with Crippen molar-refractivity contribution in [1.29, 1.82) is 0 Å². The quantitative estimate of drug-likeness (QED) is 0.509. The molecule has 2 aromatic carbocycles. The Kier molecular flexibility index (Phi) is 6.31.